The van der Waals surface area contributed by atoms with Gasteiger partial charge in [0.05, 0.1) is 11.3 Å². The van der Waals surface area contributed by atoms with Crippen LogP contribution in [0.3, 0.4) is 0 Å². The van der Waals surface area contributed by atoms with E-state index in [2.05, 4.69) is 0 Å². The standard InChI is InChI=1S/C18H20O5S/c1-14-5-3-4-6-17(14)22-11-12-23-18(19)16-9-7-15(8-10-16)13-24(2,20)21/h3-10H,11-13H2,1-2H3. The topological polar surface area (TPSA) is 69.7 Å². The molecule has 0 saturated carbocycles. The smallest absolute Gasteiger partial charge is 0.338 e. The van der Waals surface area contributed by atoms with Crippen molar-refractivity contribution in [1.29, 1.82) is 0 Å². The normalized spacial score (nSPS) is 11.1. The Labute approximate surface area is 142 Å². The lowest BCUT2D eigenvalue weighted by Crippen LogP contribution is -2.12. The fraction of sp³-hybridized carbons (Fsp3) is 0.278. The third kappa shape index (κ3) is 5.70. The van der Waals surface area contributed by atoms with Crippen LogP contribution in [0.15, 0.2) is 48.5 Å². The summed E-state index contributed by atoms with van der Waals surface area (Å²) >= 11 is 0. The first kappa shape index (κ1) is 18.0. The summed E-state index contributed by atoms with van der Waals surface area (Å²) < 4.78 is 33.2. The number of benzene rings is 2. The number of carbonyl (C=O) groups is 1. The van der Waals surface area contributed by atoms with Gasteiger partial charge in [0.2, 0.25) is 0 Å². The van der Waals surface area contributed by atoms with E-state index in [1.165, 1.54) is 6.26 Å². The van der Waals surface area contributed by atoms with Crippen molar-refractivity contribution in [1.82, 2.24) is 0 Å². The molecular weight excluding hydrogens is 328 g/mol. The minimum Gasteiger partial charge on any atom is -0.490 e. The van der Waals surface area contributed by atoms with E-state index < -0.39 is 15.8 Å². The van der Waals surface area contributed by atoms with Crippen molar-refractivity contribution >= 4 is 15.8 Å². The molecule has 0 aliphatic carbocycles. The highest BCUT2D eigenvalue weighted by Crippen LogP contribution is 2.16. The number of hydrogen-bond acceptors (Lipinski definition) is 5. The molecule has 5 nitrogen and oxygen atoms in total. The van der Waals surface area contributed by atoms with Crippen LogP contribution in [0.25, 0.3) is 0 Å². The van der Waals surface area contributed by atoms with Crippen molar-refractivity contribution in [3.8, 4) is 5.75 Å². The number of aryl methyl sites for hydroxylation is 1. The summed E-state index contributed by atoms with van der Waals surface area (Å²) in [6.45, 7) is 2.35. The predicted molar refractivity (Wildman–Crippen MR) is 91.9 cm³/mol. The van der Waals surface area contributed by atoms with Crippen LogP contribution in [0, 0.1) is 6.92 Å². The van der Waals surface area contributed by atoms with Crippen molar-refractivity contribution in [2.75, 3.05) is 19.5 Å². The molecule has 0 aromatic heterocycles. The lowest BCUT2D eigenvalue weighted by atomic mass is 10.1. The van der Waals surface area contributed by atoms with Gasteiger partial charge in [0.25, 0.3) is 0 Å². The van der Waals surface area contributed by atoms with Crippen molar-refractivity contribution in [3.05, 3.63) is 65.2 Å². The van der Waals surface area contributed by atoms with Crippen LogP contribution < -0.4 is 4.74 Å². The molecule has 0 aliphatic heterocycles. The zero-order chi connectivity index (χ0) is 17.6. The molecule has 0 fully saturated rings. The second-order valence-corrected chi connectivity index (χ2v) is 7.66. The highest BCUT2D eigenvalue weighted by Gasteiger charge is 2.09. The Kier molecular flexibility index (Phi) is 5.98. The van der Waals surface area contributed by atoms with Gasteiger partial charge in [-0.2, -0.15) is 0 Å². The van der Waals surface area contributed by atoms with Gasteiger partial charge >= 0.3 is 5.97 Å². The molecule has 2 aromatic carbocycles. The fourth-order valence-electron chi connectivity index (χ4n) is 2.13. The van der Waals surface area contributed by atoms with Gasteiger partial charge in [-0.3, -0.25) is 0 Å². The maximum Gasteiger partial charge on any atom is 0.338 e. The van der Waals surface area contributed by atoms with E-state index in [4.69, 9.17) is 9.47 Å². The highest BCUT2D eigenvalue weighted by atomic mass is 32.2. The molecule has 0 radical (unpaired) electrons. The van der Waals surface area contributed by atoms with E-state index in [-0.39, 0.29) is 19.0 Å². The third-order valence-corrected chi connectivity index (χ3v) is 4.14. The lowest BCUT2D eigenvalue weighted by Gasteiger charge is -2.09. The summed E-state index contributed by atoms with van der Waals surface area (Å²) in [5.41, 5.74) is 2.03. The first-order valence-corrected chi connectivity index (χ1v) is 9.53. The quantitative estimate of drug-likeness (QED) is 0.568. The summed E-state index contributed by atoms with van der Waals surface area (Å²) in [5.74, 6) is 0.250. The monoisotopic (exact) mass is 348 g/mol. The first-order chi connectivity index (χ1) is 11.3. The minimum absolute atomic E-state index is 0.0490. The molecule has 2 rings (SSSR count). The van der Waals surface area contributed by atoms with Gasteiger partial charge in [-0.05, 0) is 36.2 Å². The van der Waals surface area contributed by atoms with Crippen molar-refractivity contribution in [2.24, 2.45) is 0 Å². The Hall–Kier alpha value is -2.34. The number of sulfone groups is 1. The van der Waals surface area contributed by atoms with Crippen LogP contribution in [-0.4, -0.2) is 33.9 Å². The molecule has 0 atom stereocenters. The number of esters is 1. The number of rotatable bonds is 7. The highest BCUT2D eigenvalue weighted by molar-refractivity contribution is 7.89. The van der Waals surface area contributed by atoms with Gasteiger partial charge in [-0.1, -0.05) is 30.3 Å². The van der Waals surface area contributed by atoms with Crippen molar-refractivity contribution in [2.45, 2.75) is 12.7 Å². The van der Waals surface area contributed by atoms with Crippen molar-refractivity contribution < 1.29 is 22.7 Å². The molecule has 0 aliphatic rings. The van der Waals surface area contributed by atoms with E-state index in [1.54, 1.807) is 24.3 Å². The lowest BCUT2D eigenvalue weighted by molar-refractivity contribution is 0.0450. The largest absolute Gasteiger partial charge is 0.490 e. The van der Waals surface area contributed by atoms with Crippen LogP contribution in [-0.2, 0) is 20.3 Å². The third-order valence-electron chi connectivity index (χ3n) is 3.29. The summed E-state index contributed by atoms with van der Waals surface area (Å²) in [5, 5.41) is 0. The molecule has 0 bridgehead atoms. The fourth-order valence-corrected chi connectivity index (χ4v) is 2.93. The van der Waals surface area contributed by atoms with Crippen molar-refractivity contribution in [3.63, 3.8) is 0 Å². The van der Waals surface area contributed by atoms with Crippen LogP contribution >= 0.6 is 0 Å². The van der Waals surface area contributed by atoms with Gasteiger partial charge in [0, 0.05) is 6.26 Å². The molecule has 24 heavy (non-hydrogen) atoms. The molecule has 0 N–H and O–H groups in total. The predicted octanol–water partition coefficient (Wildman–Crippen LogP) is 2.78. The zero-order valence-electron chi connectivity index (χ0n) is 13.7. The average molecular weight is 348 g/mol. The van der Waals surface area contributed by atoms with E-state index in [1.807, 2.05) is 31.2 Å². The first-order valence-electron chi connectivity index (χ1n) is 7.47. The Bertz CT molecular complexity index is 794. The molecular formula is C18H20O5S. The van der Waals surface area contributed by atoms with Gasteiger partial charge in [-0.15, -0.1) is 0 Å². The zero-order valence-corrected chi connectivity index (χ0v) is 14.5. The number of carbonyl (C=O) groups excluding carboxylic acids is 1. The van der Waals surface area contributed by atoms with E-state index in [9.17, 15) is 13.2 Å². The molecule has 0 amide bonds. The van der Waals surface area contributed by atoms with E-state index in [0.29, 0.717) is 11.1 Å². The molecule has 128 valence electrons. The maximum absolute atomic E-state index is 11.9. The van der Waals surface area contributed by atoms with Gasteiger partial charge in [-0.25, -0.2) is 13.2 Å². The summed E-state index contributed by atoms with van der Waals surface area (Å²) in [6, 6.07) is 14.0. The van der Waals surface area contributed by atoms with E-state index >= 15 is 0 Å². The molecule has 0 saturated heterocycles. The molecule has 0 heterocycles. The summed E-state index contributed by atoms with van der Waals surface area (Å²) in [7, 11) is -3.09. The maximum atomic E-state index is 11.9. The van der Waals surface area contributed by atoms with Gasteiger partial charge < -0.3 is 9.47 Å². The van der Waals surface area contributed by atoms with Crippen LogP contribution in [0.2, 0.25) is 0 Å². The van der Waals surface area contributed by atoms with Gasteiger partial charge in [0.15, 0.2) is 9.84 Å². The van der Waals surface area contributed by atoms with Crippen LogP contribution in [0.1, 0.15) is 21.5 Å². The second kappa shape index (κ2) is 7.97. The second-order valence-electron chi connectivity index (χ2n) is 5.52. The summed E-state index contributed by atoms with van der Waals surface area (Å²) in [4.78, 5) is 11.9. The Morgan fingerprint density at radius 3 is 2.29 bits per heavy atom. The Balaban J connectivity index is 1.81. The number of para-hydroxylation sites is 1. The average Bonchev–Trinajstić information content (AvgIpc) is 2.52. The minimum atomic E-state index is -3.09. The summed E-state index contributed by atoms with van der Waals surface area (Å²) in [6.07, 6.45) is 1.17. The SMILES string of the molecule is Cc1ccccc1OCCOC(=O)c1ccc(CS(C)(=O)=O)cc1. The van der Waals surface area contributed by atoms with Gasteiger partial charge in [0.1, 0.15) is 19.0 Å². The Morgan fingerprint density at radius 2 is 1.67 bits per heavy atom. The molecule has 2 aromatic rings. The number of ether oxygens (including phenoxy) is 2. The Morgan fingerprint density at radius 1 is 1.00 bits per heavy atom. The molecule has 0 unspecified atom stereocenters. The molecule has 0 spiro atoms. The molecule has 6 heteroatoms. The van der Waals surface area contributed by atoms with Crippen LogP contribution in [0.5, 0.6) is 5.75 Å². The van der Waals surface area contributed by atoms with E-state index in [0.717, 1.165) is 11.3 Å². The number of hydrogen-bond donors (Lipinski definition) is 0. The van der Waals surface area contributed by atoms with Crippen LogP contribution in [0.4, 0.5) is 0 Å².